The summed E-state index contributed by atoms with van der Waals surface area (Å²) in [5.74, 6) is -0.346. The highest BCUT2D eigenvalue weighted by Gasteiger charge is 2.67. The first-order valence-electron chi connectivity index (χ1n) is 9.07. The smallest absolute Gasteiger partial charge is 0.321 e. The van der Waals surface area contributed by atoms with E-state index in [9.17, 15) is 14.7 Å². The van der Waals surface area contributed by atoms with Crippen molar-refractivity contribution < 1.29 is 24.2 Å². The lowest BCUT2D eigenvalue weighted by Crippen LogP contribution is -2.45. The lowest BCUT2D eigenvalue weighted by Gasteiger charge is -2.18. The molecule has 27 heavy (non-hydrogen) atoms. The number of aliphatic hydroxyl groups excluding tert-OH is 1. The van der Waals surface area contributed by atoms with Gasteiger partial charge in [-0.3, -0.25) is 10.1 Å². The second kappa shape index (κ2) is 8.10. The van der Waals surface area contributed by atoms with Crippen molar-refractivity contribution in [3.8, 4) is 0 Å². The van der Waals surface area contributed by atoms with Gasteiger partial charge in [0, 0.05) is 17.0 Å². The van der Waals surface area contributed by atoms with Crippen molar-refractivity contribution in [3.63, 3.8) is 0 Å². The number of carbonyl (C=O) groups is 2. The zero-order valence-corrected chi connectivity index (χ0v) is 15.6. The van der Waals surface area contributed by atoms with Crippen LogP contribution in [0.1, 0.15) is 25.3 Å². The Kier molecular flexibility index (Phi) is 5.82. The summed E-state index contributed by atoms with van der Waals surface area (Å²) in [7, 11) is 1.43. The van der Waals surface area contributed by atoms with Crippen LogP contribution < -0.4 is 10.6 Å². The molecule has 2 fully saturated rings. The van der Waals surface area contributed by atoms with Gasteiger partial charge in [-0.2, -0.15) is 0 Å². The van der Waals surface area contributed by atoms with Gasteiger partial charge in [-0.05, 0) is 31.2 Å². The number of rotatable bonds is 7. The van der Waals surface area contributed by atoms with Crippen molar-refractivity contribution in [1.82, 2.24) is 10.6 Å². The minimum Gasteiger partial charge on any atom is -0.504 e. The van der Waals surface area contributed by atoms with Crippen molar-refractivity contribution in [2.45, 2.75) is 38.5 Å². The van der Waals surface area contributed by atoms with E-state index in [0.29, 0.717) is 25.2 Å². The maximum absolute atomic E-state index is 12.1. The summed E-state index contributed by atoms with van der Waals surface area (Å²) < 4.78 is 10.6. The van der Waals surface area contributed by atoms with Crippen LogP contribution in [0.4, 0.5) is 4.79 Å². The molecule has 0 aliphatic heterocycles. The lowest BCUT2D eigenvalue weighted by atomic mass is 10.0. The number of ether oxygens (including phenoxy) is 2. The molecular weight excluding hydrogens is 348 g/mol. The number of methoxy groups -OCH3 is 1. The highest BCUT2D eigenvalue weighted by Crippen LogP contribution is 2.63. The zero-order valence-electron chi connectivity index (χ0n) is 15.6. The molecule has 3 N–H and O–H groups in total. The van der Waals surface area contributed by atoms with Gasteiger partial charge < -0.3 is 19.9 Å². The third-order valence-corrected chi connectivity index (χ3v) is 5.48. The molecule has 2 aliphatic carbocycles. The second-order valence-corrected chi connectivity index (χ2v) is 7.34. The van der Waals surface area contributed by atoms with Crippen molar-refractivity contribution in [2.24, 2.45) is 11.3 Å². The third kappa shape index (κ3) is 4.31. The molecule has 0 spiro atoms. The molecule has 146 valence electrons. The average Bonchev–Trinajstić information content (AvgIpc) is 3.32. The largest absolute Gasteiger partial charge is 0.504 e. The van der Waals surface area contributed by atoms with Gasteiger partial charge in [0.05, 0.1) is 32.7 Å². The van der Waals surface area contributed by atoms with Crippen molar-refractivity contribution in [1.29, 1.82) is 0 Å². The fraction of sp³-hybridized carbons (Fsp3) is 0.500. The fourth-order valence-electron chi connectivity index (χ4n) is 3.91. The highest BCUT2D eigenvalue weighted by atomic mass is 16.5. The molecule has 3 amide bonds. The Hall–Kier alpha value is -2.38. The number of imide groups is 1. The monoisotopic (exact) mass is 374 g/mol. The lowest BCUT2D eigenvalue weighted by molar-refractivity contribution is -0.116. The van der Waals surface area contributed by atoms with Crippen LogP contribution in [0.15, 0.2) is 42.2 Å². The molecule has 3 rings (SSSR count). The van der Waals surface area contributed by atoms with Crippen molar-refractivity contribution >= 4 is 11.9 Å². The van der Waals surface area contributed by atoms with E-state index < -0.39 is 18.0 Å². The topological polar surface area (TPSA) is 96.9 Å². The van der Waals surface area contributed by atoms with E-state index in [1.54, 1.807) is 6.92 Å². The molecule has 0 bridgehead atoms. The van der Waals surface area contributed by atoms with Crippen LogP contribution >= 0.6 is 0 Å². The number of amides is 3. The number of carbonyl (C=O) groups excluding carboxylic acids is 2. The molecule has 1 aromatic carbocycles. The standard InChI is InChI=1S/C20H26N2O5/c1-13(10-26-2)18(24)22-19(25)21-16-8-17(23)20(9-15(16)20)12-27-11-14-6-4-3-5-7-14/h3-7,10,15-17,23H,8-9,11-12H2,1-2H3,(H2,21,22,24,25)/b13-10+/t15-,16+,17+,20+/m1/s1. The molecule has 0 aromatic heterocycles. The Bertz CT molecular complexity index is 720. The number of urea groups is 1. The number of hydrogen-bond donors (Lipinski definition) is 3. The Morgan fingerprint density at radius 1 is 1.33 bits per heavy atom. The number of hydrogen-bond acceptors (Lipinski definition) is 5. The van der Waals surface area contributed by atoms with Gasteiger partial charge >= 0.3 is 6.03 Å². The third-order valence-electron chi connectivity index (χ3n) is 5.48. The van der Waals surface area contributed by atoms with E-state index >= 15 is 0 Å². The number of aliphatic hydroxyl groups is 1. The molecule has 0 saturated heterocycles. The van der Waals surface area contributed by atoms with Gasteiger partial charge in [-0.15, -0.1) is 0 Å². The van der Waals surface area contributed by atoms with Crippen LogP contribution in [0, 0.1) is 11.3 Å². The second-order valence-electron chi connectivity index (χ2n) is 7.34. The minimum atomic E-state index is -0.561. The fourth-order valence-corrected chi connectivity index (χ4v) is 3.91. The van der Waals surface area contributed by atoms with Gasteiger partial charge in [0.1, 0.15) is 0 Å². The summed E-state index contributed by atoms with van der Waals surface area (Å²) in [6, 6.07) is 9.15. The summed E-state index contributed by atoms with van der Waals surface area (Å²) >= 11 is 0. The summed E-state index contributed by atoms with van der Waals surface area (Å²) in [5.41, 5.74) is 1.10. The molecular formula is C20H26N2O5. The average molecular weight is 374 g/mol. The van der Waals surface area contributed by atoms with Crippen molar-refractivity contribution in [2.75, 3.05) is 13.7 Å². The highest BCUT2D eigenvalue weighted by molar-refractivity contribution is 6.03. The van der Waals surface area contributed by atoms with Gasteiger partial charge in [0.2, 0.25) is 0 Å². The summed E-state index contributed by atoms with van der Waals surface area (Å²) in [6.07, 6.45) is 2.03. The Balaban J connectivity index is 1.47. The maximum Gasteiger partial charge on any atom is 0.321 e. The molecule has 2 aliphatic rings. The van der Waals surface area contributed by atoms with Crippen LogP contribution in [0.5, 0.6) is 0 Å². The number of fused-ring (bicyclic) bond motifs is 1. The predicted octanol–water partition coefficient (Wildman–Crippen LogP) is 1.72. The quantitative estimate of drug-likeness (QED) is 0.499. The normalized spacial score (nSPS) is 29.0. The molecule has 2 saturated carbocycles. The van der Waals surface area contributed by atoms with Crippen LogP contribution in [0.2, 0.25) is 0 Å². The van der Waals surface area contributed by atoms with Crippen LogP contribution in [0.3, 0.4) is 0 Å². The Labute approximate surface area is 158 Å². The van der Waals surface area contributed by atoms with E-state index in [4.69, 9.17) is 9.47 Å². The van der Waals surface area contributed by atoms with Gasteiger partial charge in [0.15, 0.2) is 0 Å². The predicted molar refractivity (Wildman–Crippen MR) is 98.5 cm³/mol. The first kappa shape index (κ1) is 19.4. The Morgan fingerprint density at radius 2 is 2.07 bits per heavy atom. The molecule has 1 aromatic rings. The first-order valence-corrected chi connectivity index (χ1v) is 9.07. The number of nitrogens with one attached hydrogen (secondary N) is 2. The van der Waals surface area contributed by atoms with Crippen molar-refractivity contribution in [3.05, 3.63) is 47.7 Å². The number of benzene rings is 1. The molecule has 0 heterocycles. The summed E-state index contributed by atoms with van der Waals surface area (Å²) in [5, 5.41) is 15.5. The van der Waals surface area contributed by atoms with Crippen LogP contribution in [-0.4, -0.2) is 42.9 Å². The molecule has 7 heteroatoms. The van der Waals surface area contributed by atoms with E-state index in [1.165, 1.54) is 13.4 Å². The van der Waals surface area contributed by atoms with Gasteiger partial charge in [-0.25, -0.2) is 4.79 Å². The van der Waals surface area contributed by atoms with E-state index in [-0.39, 0.29) is 17.4 Å². The SMILES string of the molecule is CO/C=C(\C)C(=O)NC(=O)N[C@H]1C[C@H](O)[C@]2(COCc3ccccc3)C[C@H]12. The summed E-state index contributed by atoms with van der Waals surface area (Å²) in [6.45, 7) is 2.52. The molecule has 7 nitrogen and oxygen atoms in total. The van der Waals surface area contributed by atoms with Gasteiger partial charge in [0.25, 0.3) is 5.91 Å². The summed E-state index contributed by atoms with van der Waals surface area (Å²) in [4.78, 5) is 23.9. The maximum atomic E-state index is 12.1. The Morgan fingerprint density at radius 3 is 2.74 bits per heavy atom. The molecule has 0 radical (unpaired) electrons. The molecule has 0 unspecified atom stereocenters. The first-order chi connectivity index (χ1) is 13.0. The molecule has 4 atom stereocenters. The van der Waals surface area contributed by atoms with E-state index in [1.807, 2.05) is 30.3 Å². The zero-order chi connectivity index (χ0) is 19.4. The minimum absolute atomic E-state index is 0.166. The van der Waals surface area contributed by atoms with Crippen LogP contribution in [-0.2, 0) is 20.9 Å². The van der Waals surface area contributed by atoms with Gasteiger partial charge in [-0.1, -0.05) is 30.3 Å². The van der Waals surface area contributed by atoms with Crippen LogP contribution in [0.25, 0.3) is 0 Å². The van der Waals surface area contributed by atoms with E-state index in [0.717, 1.165) is 12.0 Å². The van der Waals surface area contributed by atoms with E-state index in [2.05, 4.69) is 10.6 Å².